The summed E-state index contributed by atoms with van der Waals surface area (Å²) in [5.41, 5.74) is 3.26. The van der Waals surface area contributed by atoms with Crippen LogP contribution >= 0.6 is 11.3 Å². The van der Waals surface area contributed by atoms with Crippen LogP contribution in [-0.4, -0.2) is 33.0 Å². The Morgan fingerprint density at radius 2 is 1.94 bits per heavy atom. The van der Waals surface area contributed by atoms with Crippen LogP contribution in [0.2, 0.25) is 0 Å². The highest BCUT2D eigenvalue weighted by Crippen LogP contribution is 2.19. The number of carbonyl (C=O) groups excluding carboxylic acids is 1. The molecule has 31 heavy (non-hydrogen) atoms. The molecule has 0 aliphatic carbocycles. The maximum Gasteiger partial charge on any atom is 0.326 e. The Morgan fingerprint density at radius 1 is 1.16 bits per heavy atom. The van der Waals surface area contributed by atoms with Crippen LogP contribution in [0.15, 0.2) is 60.1 Å². The molecule has 2 aromatic carbocycles. The van der Waals surface area contributed by atoms with Crippen LogP contribution in [-0.2, 0) is 28.9 Å². The molecule has 0 aliphatic heterocycles. The third-order valence-electron chi connectivity index (χ3n) is 4.94. The van der Waals surface area contributed by atoms with Crippen molar-refractivity contribution < 1.29 is 19.1 Å². The smallest absolute Gasteiger partial charge is 0.326 e. The number of aliphatic carboxylic acids is 1. The van der Waals surface area contributed by atoms with Crippen LogP contribution in [0.4, 0.5) is 4.39 Å². The third kappa shape index (κ3) is 5.16. The Kier molecular flexibility index (Phi) is 6.08. The van der Waals surface area contributed by atoms with Crippen LogP contribution in [0, 0.1) is 5.82 Å². The molecule has 3 N–H and O–H groups in total. The van der Waals surface area contributed by atoms with Crippen LogP contribution in [0.5, 0.6) is 0 Å². The van der Waals surface area contributed by atoms with Gasteiger partial charge in [-0.3, -0.25) is 4.79 Å². The summed E-state index contributed by atoms with van der Waals surface area (Å²) in [7, 11) is 0. The summed E-state index contributed by atoms with van der Waals surface area (Å²) < 4.78 is 13.0. The van der Waals surface area contributed by atoms with Gasteiger partial charge in [-0.25, -0.2) is 14.2 Å². The van der Waals surface area contributed by atoms with Gasteiger partial charge >= 0.3 is 5.97 Å². The molecule has 1 atom stereocenters. The van der Waals surface area contributed by atoms with Crippen molar-refractivity contribution in [3.8, 4) is 0 Å². The molecule has 0 fully saturated rings. The van der Waals surface area contributed by atoms with Crippen LogP contribution in [0.3, 0.4) is 0 Å². The lowest BCUT2D eigenvalue weighted by atomic mass is 10.0. The number of aromatic nitrogens is 2. The number of fused-ring (bicyclic) bond motifs is 1. The third-order valence-corrected chi connectivity index (χ3v) is 5.84. The zero-order chi connectivity index (χ0) is 21.8. The van der Waals surface area contributed by atoms with Gasteiger partial charge in [0.1, 0.15) is 11.9 Å². The maximum absolute atomic E-state index is 13.0. The molecular formula is C23H20FN3O3S. The lowest BCUT2D eigenvalue weighted by Gasteiger charge is -2.14. The number of thiazole rings is 1. The number of nitrogens with one attached hydrogen (secondary N) is 2. The Morgan fingerprint density at radius 3 is 2.71 bits per heavy atom. The van der Waals surface area contributed by atoms with Gasteiger partial charge in [0.15, 0.2) is 0 Å². The molecule has 1 unspecified atom stereocenters. The van der Waals surface area contributed by atoms with E-state index in [2.05, 4.69) is 15.3 Å². The lowest BCUT2D eigenvalue weighted by molar-refractivity contribution is -0.141. The number of rotatable bonds is 8. The van der Waals surface area contributed by atoms with Crippen molar-refractivity contribution >= 4 is 34.1 Å². The van der Waals surface area contributed by atoms with Crippen LogP contribution < -0.4 is 5.32 Å². The number of para-hydroxylation sites is 1. The molecule has 0 saturated carbocycles. The minimum Gasteiger partial charge on any atom is -0.480 e. The SMILES string of the molecule is O=C(Cc1csc(Cc2ccc(F)cc2)n1)NC(Cc1c[nH]c2ccccc12)C(=O)O. The molecule has 2 heterocycles. The number of carbonyl (C=O) groups is 2. The molecule has 0 spiro atoms. The Bertz CT molecular complexity index is 1220. The fraction of sp³-hybridized carbons (Fsp3) is 0.174. The second-order valence-corrected chi connectivity index (χ2v) is 8.18. The summed E-state index contributed by atoms with van der Waals surface area (Å²) in [5, 5.41) is 15.7. The summed E-state index contributed by atoms with van der Waals surface area (Å²) in [6.07, 6.45) is 2.50. The van der Waals surface area contributed by atoms with Gasteiger partial charge in [-0.05, 0) is 29.3 Å². The van der Waals surface area contributed by atoms with Gasteiger partial charge in [-0.1, -0.05) is 30.3 Å². The number of amides is 1. The molecule has 158 valence electrons. The summed E-state index contributed by atoms with van der Waals surface area (Å²) in [6, 6.07) is 12.8. The highest BCUT2D eigenvalue weighted by atomic mass is 32.1. The molecule has 4 rings (SSSR count). The van der Waals surface area contributed by atoms with Gasteiger partial charge < -0.3 is 15.4 Å². The number of halogens is 1. The van der Waals surface area contributed by atoms with E-state index in [1.54, 1.807) is 23.7 Å². The first-order valence-electron chi connectivity index (χ1n) is 9.73. The predicted octanol–water partition coefficient (Wildman–Crippen LogP) is 3.71. The summed E-state index contributed by atoms with van der Waals surface area (Å²) in [4.78, 5) is 31.7. The Hall–Kier alpha value is -3.52. The largest absolute Gasteiger partial charge is 0.480 e. The monoisotopic (exact) mass is 437 g/mol. The van der Waals surface area contributed by atoms with Gasteiger partial charge in [0.05, 0.1) is 17.1 Å². The molecule has 0 bridgehead atoms. The number of aromatic amines is 1. The van der Waals surface area contributed by atoms with E-state index in [0.29, 0.717) is 12.1 Å². The number of carboxylic acid groups (broad SMARTS) is 1. The van der Waals surface area contributed by atoms with E-state index in [-0.39, 0.29) is 18.7 Å². The second-order valence-electron chi connectivity index (χ2n) is 7.23. The van der Waals surface area contributed by atoms with E-state index in [4.69, 9.17) is 0 Å². The van der Waals surface area contributed by atoms with Crippen molar-refractivity contribution in [2.75, 3.05) is 0 Å². The van der Waals surface area contributed by atoms with Crippen LogP contribution in [0.1, 0.15) is 21.8 Å². The molecule has 8 heteroatoms. The fourth-order valence-electron chi connectivity index (χ4n) is 3.42. The molecule has 0 aliphatic rings. The highest BCUT2D eigenvalue weighted by molar-refractivity contribution is 7.09. The van der Waals surface area contributed by atoms with Gasteiger partial charge in [0.2, 0.25) is 5.91 Å². The minimum absolute atomic E-state index is 0.00240. The first kappa shape index (κ1) is 20.7. The Labute approximate surface area is 181 Å². The van der Waals surface area contributed by atoms with E-state index < -0.39 is 17.9 Å². The zero-order valence-electron chi connectivity index (χ0n) is 16.5. The van der Waals surface area contributed by atoms with E-state index in [9.17, 15) is 19.1 Å². The number of nitrogens with zero attached hydrogens (tertiary/aromatic N) is 1. The standard InChI is InChI=1S/C23H20FN3O3S/c24-16-7-5-14(6-8-16)9-22-26-17(13-31-22)11-21(28)27-20(23(29)30)10-15-12-25-19-4-2-1-3-18(15)19/h1-8,12-13,20,25H,9-11H2,(H,27,28)(H,29,30). The average Bonchev–Trinajstić information content (AvgIpc) is 3.36. The van der Waals surface area contributed by atoms with Crippen molar-refractivity contribution in [2.45, 2.75) is 25.3 Å². The van der Waals surface area contributed by atoms with Gasteiger partial charge in [0, 0.05) is 35.3 Å². The number of benzene rings is 2. The lowest BCUT2D eigenvalue weighted by Crippen LogP contribution is -2.43. The van der Waals surface area contributed by atoms with E-state index >= 15 is 0 Å². The van der Waals surface area contributed by atoms with E-state index in [1.165, 1.54) is 23.5 Å². The fourth-order valence-corrected chi connectivity index (χ4v) is 4.25. The summed E-state index contributed by atoms with van der Waals surface area (Å²) in [5.74, 6) is -1.78. The predicted molar refractivity (Wildman–Crippen MR) is 117 cm³/mol. The average molecular weight is 437 g/mol. The number of hydrogen-bond acceptors (Lipinski definition) is 4. The molecule has 6 nitrogen and oxygen atoms in total. The van der Waals surface area contributed by atoms with Gasteiger partial charge in [-0.15, -0.1) is 11.3 Å². The topological polar surface area (TPSA) is 95.1 Å². The highest BCUT2D eigenvalue weighted by Gasteiger charge is 2.22. The van der Waals surface area contributed by atoms with Crippen LogP contribution in [0.25, 0.3) is 10.9 Å². The van der Waals surface area contributed by atoms with Gasteiger partial charge in [0.25, 0.3) is 0 Å². The van der Waals surface area contributed by atoms with E-state index in [0.717, 1.165) is 27.0 Å². The number of H-pyrrole nitrogens is 1. The number of carboxylic acids is 1. The van der Waals surface area contributed by atoms with Crippen molar-refractivity contribution in [3.05, 3.63) is 87.8 Å². The molecule has 4 aromatic rings. The van der Waals surface area contributed by atoms with Crippen molar-refractivity contribution in [2.24, 2.45) is 0 Å². The van der Waals surface area contributed by atoms with E-state index in [1.807, 2.05) is 24.3 Å². The van der Waals surface area contributed by atoms with Crippen molar-refractivity contribution in [3.63, 3.8) is 0 Å². The summed E-state index contributed by atoms with van der Waals surface area (Å²) >= 11 is 1.42. The molecule has 0 saturated heterocycles. The first-order valence-corrected chi connectivity index (χ1v) is 10.6. The van der Waals surface area contributed by atoms with Gasteiger partial charge in [-0.2, -0.15) is 0 Å². The minimum atomic E-state index is -1.09. The van der Waals surface area contributed by atoms with Crippen molar-refractivity contribution in [1.82, 2.24) is 15.3 Å². The molecular weight excluding hydrogens is 417 g/mol. The second kappa shape index (κ2) is 9.09. The Balaban J connectivity index is 1.38. The summed E-state index contributed by atoms with van der Waals surface area (Å²) in [6.45, 7) is 0. The van der Waals surface area contributed by atoms with Crippen molar-refractivity contribution in [1.29, 1.82) is 0 Å². The number of hydrogen-bond donors (Lipinski definition) is 3. The zero-order valence-corrected chi connectivity index (χ0v) is 17.3. The normalized spacial score (nSPS) is 12.0. The quantitative estimate of drug-likeness (QED) is 0.392. The maximum atomic E-state index is 13.0. The first-order chi connectivity index (χ1) is 15.0. The molecule has 1 amide bonds. The molecule has 2 aromatic heterocycles. The molecule has 0 radical (unpaired) electrons.